The van der Waals surface area contributed by atoms with Gasteiger partial charge in [0.2, 0.25) is 0 Å². The number of piperazine rings is 1. The van der Waals surface area contributed by atoms with Crippen LogP contribution in [0.2, 0.25) is 0 Å². The number of fused-ring (bicyclic) bond motifs is 1. The number of rotatable bonds is 2. The van der Waals surface area contributed by atoms with E-state index in [-0.39, 0.29) is 6.09 Å². The van der Waals surface area contributed by atoms with Gasteiger partial charge in [0.1, 0.15) is 11.4 Å². The van der Waals surface area contributed by atoms with Crippen molar-refractivity contribution in [3.8, 4) is 11.3 Å². The van der Waals surface area contributed by atoms with Gasteiger partial charge >= 0.3 is 6.09 Å². The molecular formula is C19H25N7O2. The van der Waals surface area contributed by atoms with Gasteiger partial charge in [0.05, 0.1) is 24.3 Å². The molecule has 4 rings (SSSR count). The predicted octanol–water partition coefficient (Wildman–Crippen LogP) is 2.19. The molecule has 148 valence electrons. The van der Waals surface area contributed by atoms with Gasteiger partial charge in [-0.2, -0.15) is 5.10 Å². The Morgan fingerprint density at radius 2 is 1.79 bits per heavy atom. The van der Waals surface area contributed by atoms with E-state index in [1.807, 2.05) is 50.8 Å². The predicted molar refractivity (Wildman–Crippen MR) is 105 cm³/mol. The van der Waals surface area contributed by atoms with E-state index in [1.165, 1.54) is 0 Å². The highest BCUT2D eigenvalue weighted by Gasteiger charge is 2.27. The monoisotopic (exact) mass is 383 g/mol. The molecule has 4 heterocycles. The van der Waals surface area contributed by atoms with E-state index in [0.29, 0.717) is 13.1 Å². The van der Waals surface area contributed by atoms with Crippen LogP contribution in [0.4, 0.5) is 10.6 Å². The van der Waals surface area contributed by atoms with Crippen LogP contribution in [0.3, 0.4) is 0 Å². The minimum atomic E-state index is -0.481. The number of aryl methyl sites for hydroxylation is 1. The Morgan fingerprint density at radius 3 is 2.43 bits per heavy atom. The van der Waals surface area contributed by atoms with Crippen LogP contribution in [0.25, 0.3) is 16.9 Å². The van der Waals surface area contributed by atoms with E-state index in [1.54, 1.807) is 22.0 Å². The summed E-state index contributed by atoms with van der Waals surface area (Å²) in [6, 6.07) is 0. The zero-order valence-corrected chi connectivity index (χ0v) is 16.7. The Labute approximate surface area is 163 Å². The van der Waals surface area contributed by atoms with Gasteiger partial charge in [-0.05, 0) is 20.8 Å². The van der Waals surface area contributed by atoms with Crippen molar-refractivity contribution in [1.82, 2.24) is 29.0 Å². The van der Waals surface area contributed by atoms with E-state index in [0.717, 1.165) is 35.8 Å². The van der Waals surface area contributed by atoms with Crippen LogP contribution in [0.5, 0.6) is 0 Å². The van der Waals surface area contributed by atoms with E-state index >= 15 is 0 Å². The minimum Gasteiger partial charge on any atom is -0.444 e. The summed E-state index contributed by atoms with van der Waals surface area (Å²) in [6.07, 6.45) is 9.08. The van der Waals surface area contributed by atoms with Gasteiger partial charge in [0.15, 0.2) is 5.65 Å². The van der Waals surface area contributed by atoms with Crippen LogP contribution in [0.15, 0.2) is 31.0 Å². The molecule has 0 atom stereocenters. The van der Waals surface area contributed by atoms with Crippen molar-refractivity contribution in [3.63, 3.8) is 0 Å². The molecule has 3 aromatic heterocycles. The fraction of sp³-hybridized carbons (Fsp3) is 0.474. The molecule has 0 saturated carbocycles. The molecule has 0 aliphatic carbocycles. The third-order valence-corrected chi connectivity index (χ3v) is 4.63. The largest absolute Gasteiger partial charge is 0.444 e. The molecule has 0 aromatic carbocycles. The van der Waals surface area contributed by atoms with Gasteiger partial charge in [0.25, 0.3) is 0 Å². The maximum Gasteiger partial charge on any atom is 0.410 e. The Bertz CT molecular complexity index is 993. The summed E-state index contributed by atoms with van der Waals surface area (Å²) < 4.78 is 9.27. The molecule has 9 nitrogen and oxygen atoms in total. The summed E-state index contributed by atoms with van der Waals surface area (Å²) in [4.78, 5) is 25.2. The lowest BCUT2D eigenvalue weighted by atomic mass is 10.2. The van der Waals surface area contributed by atoms with Gasteiger partial charge in [-0.3, -0.25) is 14.1 Å². The number of carbonyl (C=O) groups is 1. The molecule has 1 aliphatic rings. The first-order chi connectivity index (χ1) is 13.3. The molecule has 3 aromatic rings. The number of carbonyl (C=O) groups excluding carboxylic acids is 1. The maximum absolute atomic E-state index is 12.3. The third-order valence-electron chi connectivity index (χ3n) is 4.63. The molecule has 9 heteroatoms. The maximum atomic E-state index is 12.3. The van der Waals surface area contributed by atoms with Crippen molar-refractivity contribution in [2.45, 2.75) is 26.4 Å². The fourth-order valence-electron chi connectivity index (χ4n) is 3.26. The summed E-state index contributed by atoms with van der Waals surface area (Å²) >= 11 is 0. The zero-order chi connectivity index (χ0) is 19.9. The van der Waals surface area contributed by atoms with Crippen molar-refractivity contribution in [2.24, 2.45) is 7.05 Å². The molecule has 0 spiro atoms. The quantitative estimate of drug-likeness (QED) is 0.675. The number of amides is 1. The van der Waals surface area contributed by atoms with Gasteiger partial charge in [-0.1, -0.05) is 0 Å². The van der Waals surface area contributed by atoms with Crippen LogP contribution in [0, 0.1) is 0 Å². The summed E-state index contributed by atoms with van der Waals surface area (Å²) in [5, 5.41) is 4.22. The molecule has 0 N–H and O–H groups in total. The van der Waals surface area contributed by atoms with Gasteiger partial charge in [-0.25, -0.2) is 9.78 Å². The molecule has 1 fully saturated rings. The first kappa shape index (κ1) is 18.3. The lowest BCUT2D eigenvalue weighted by Crippen LogP contribution is -2.50. The van der Waals surface area contributed by atoms with Crippen molar-refractivity contribution in [3.05, 3.63) is 31.0 Å². The van der Waals surface area contributed by atoms with Crippen LogP contribution < -0.4 is 4.90 Å². The minimum absolute atomic E-state index is 0.256. The van der Waals surface area contributed by atoms with Gasteiger partial charge in [-0.15, -0.1) is 0 Å². The smallest absolute Gasteiger partial charge is 0.410 e. The van der Waals surface area contributed by atoms with Crippen molar-refractivity contribution in [1.29, 1.82) is 0 Å². The standard InChI is InChI=1S/C19H25N7O2/c1-19(2,3)28-18(27)25-7-5-24(6-8-25)17-11-21-16-10-20-15(13-26(16)17)14-9-22-23(4)12-14/h9-13H,5-8H2,1-4H3. The fourth-order valence-corrected chi connectivity index (χ4v) is 3.26. The summed E-state index contributed by atoms with van der Waals surface area (Å²) in [7, 11) is 1.88. The van der Waals surface area contributed by atoms with E-state index < -0.39 is 5.60 Å². The number of imidazole rings is 1. The lowest BCUT2D eigenvalue weighted by molar-refractivity contribution is 0.0240. The average Bonchev–Trinajstić information content (AvgIpc) is 3.26. The molecule has 0 unspecified atom stereocenters. The lowest BCUT2D eigenvalue weighted by Gasteiger charge is -2.36. The Kier molecular flexibility index (Phi) is 4.44. The number of hydrogen-bond acceptors (Lipinski definition) is 6. The molecule has 28 heavy (non-hydrogen) atoms. The molecule has 1 aliphatic heterocycles. The van der Waals surface area contributed by atoms with Crippen LogP contribution in [0.1, 0.15) is 20.8 Å². The summed E-state index contributed by atoms with van der Waals surface area (Å²) in [5.74, 6) is 0.992. The Hall–Kier alpha value is -3.10. The second kappa shape index (κ2) is 6.81. The zero-order valence-electron chi connectivity index (χ0n) is 16.7. The van der Waals surface area contributed by atoms with E-state index in [2.05, 4.69) is 20.0 Å². The second-order valence-electron chi connectivity index (χ2n) is 7.97. The number of aromatic nitrogens is 5. The SMILES string of the molecule is Cn1cc(-c2cn3c(N4CCN(C(=O)OC(C)(C)C)CC4)cnc3cn2)cn1. The summed E-state index contributed by atoms with van der Waals surface area (Å²) in [5.41, 5.74) is 2.11. The van der Waals surface area contributed by atoms with Crippen LogP contribution >= 0.6 is 0 Å². The number of nitrogens with zero attached hydrogens (tertiary/aromatic N) is 7. The van der Waals surface area contributed by atoms with Crippen molar-refractivity contribution in [2.75, 3.05) is 31.1 Å². The van der Waals surface area contributed by atoms with Crippen LogP contribution in [-0.2, 0) is 11.8 Å². The molecule has 0 radical (unpaired) electrons. The van der Waals surface area contributed by atoms with Crippen LogP contribution in [-0.4, -0.2) is 66.9 Å². The van der Waals surface area contributed by atoms with Crippen molar-refractivity contribution < 1.29 is 9.53 Å². The normalized spacial score (nSPS) is 15.3. The van der Waals surface area contributed by atoms with Gasteiger partial charge < -0.3 is 14.5 Å². The number of anilines is 1. The number of hydrogen-bond donors (Lipinski definition) is 0. The highest BCUT2D eigenvalue weighted by atomic mass is 16.6. The molecule has 1 saturated heterocycles. The molecule has 1 amide bonds. The third kappa shape index (κ3) is 3.64. The van der Waals surface area contributed by atoms with E-state index in [9.17, 15) is 4.79 Å². The topological polar surface area (TPSA) is 80.8 Å². The Morgan fingerprint density at radius 1 is 1.04 bits per heavy atom. The van der Waals surface area contributed by atoms with E-state index in [4.69, 9.17) is 4.74 Å². The Balaban J connectivity index is 1.51. The van der Waals surface area contributed by atoms with Gasteiger partial charge in [0, 0.05) is 51.2 Å². The highest BCUT2D eigenvalue weighted by Crippen LogP contribution is 2.22. The molecule has 0 bridgehead atoms. The first-order valence-electron chi connectivity index (χ1n) is 9.35. The highest BCUT2D eigenvalue weighted by molar-refractivity contribution is 5.68. The second-order valence-corrected chi connectivity index (χ2v) is 7.97. The summed E-state index contributed by atoms with van der Waals surface area (Å²) in [6.45, 7) is 8.31. The average molecular weight is 383 g/mol. The molecular weight excluding hydrogens is 358 g/mol. The number of ether oxygens (including phenoxy) is 1. The van der Waals surface area contributed by atoms with Crippen molar-refractivity contribution >= 4 is 17.6 Å². The first-order valence-corrected chi connectivity index (χ1v) is 9.35.